The molecule has 0 spiro atoms. The van der Waals surface area contributed by atoms with E-state index in [4.69, 9.17) is 22.1 Å². The number of benzene rings is 2. The number of halogens is 1. The molecule has 1 amide bonds. The van der Waals surface area contributed by atoms with Gasteiger partial charge < -0.3 is 20.9 Å². The Morgan fingerprint density at radius 2 is 2.05 bits per heavy atom. The van der Waals surface area contributed by atoms with E-state index in [-0.39, 0.29) is 11.3 Å². The van der Waals surface area contributed by atoms with E-state index in [9.17, 15) is 9.90 Å². The van der Waals surface area contributed by atoms with E-state index in [0.29, 0.717) is 22.1 Å². The highest BCUT2D eigenvalue weighted by Crippen LogP contribution is 2.28. The molecule has 0 unspecified atom stereocenters. The number of nitrogens with one attached hydrogen (secondary N) is 1. The Hall–Kier alpha value is -2.40. The van der Waals surface area contributed by atoms with Crippen LogP contribution in [0.4, 0.5) is 11.4 Å². The van der Waals surface area contributed by atoms with Gasteiger partial charge in [0, 0.05) is 5.69 Å². The lowest BCUT2D eigenvalue weighted by molar-refractivity contribution is 0.102. The number of nitrogen functional groups attached to an aromatic ring is 1. The first-order chi connectivity index (χ1) is 9.92. The fourth-order valence-corrected chi connectivity index (χ4v) is 2.02. The van der Waals surface area contributed by atoms with Gasteiger partial charge in [0.25, 0.3) is 5.91 Å². The van der Waals surface area contributed by atoms with Gasteiger partial charge in [-0.1, -0.05) is 11.6 Å². The zero-order chi connectivity index (χ0) is 15.6. The number of amides is 1. The average molecular weight is 307 g/mol. The molecule has 0 fully saturated rings. The number of carbonyl (C=O) groups is 1. The summed E-state index contributed by atoms with van der Waals surface area (Å²) in [5, 5.41) is 12.8. The zero-order valence-corrected chi connectivity index (χ0v) is 12.4. The molecule has 0 aliphatic heterocycles. The topological polar surface area (TPSA) is 84.6 Å². The van der Waals surface area contributed by atoms with Crippen molar-refractivity contribution in [3.63, 3.8) is 0 Å². The fraction of sp³-hybridized carbons (Fsp3) is 0.133. The second-order valence-electron chi connectivity index (χ2n) is 4.53. The molecule has 0 radical (unpaired) electrons. The van der Waals surface area contributed by atoms with E-state index in [1.165, 1.54) is 19.2 Å². The number of rotatable bonds is 3. The number of phenols is 1. The highest BCUT2D eigenvalue weighted by atomic mass is 35.5. The SMILES string of the molecule is COc1ccc(O)c(C(=O)Nc2cc(Cl)c(N)cc2C)c1. The van der Waals surface area contributed by atoms with Gasteiger partial charge in [-0.3, -0.25) is 4.79 Å². The van der Waals surface area contributed by atoms with Crippen LogP contribution in [0.25, 0.3) is 0 Å². The van der Waals surface area contributed by atoms with E-state index in [1.54, 1.807) is 25.1 Å². The number of ether oxygens (including phenoxy) is 1. The van der Waals surface area contributed by atoms with Gasteiger partial charge in [0.05, 0.1) is 23.4 Å². The molecule has 2 rings (SSSR count). The van der Waals surface area contributed by atoms with Gasteiger partial charge in [-0.25, -0.2) is 0 Å². The first-order valence-electron chi connectivity index (χ1n) is 6.16. The van der Waals surface area contributed by atoms with E-state index in [2.05, 4.69) is 5.32 Å². The van der Waals surface area contributed by atoms with Crippen molar-refractivity contribution < 1.29 is 14.6 Å². The van der Waals surface area contributed by atoms with Gasteiger partial charge >= 0.3 is 0 Å². The number of phenolic OH excluding ortho intramolecular Hbond substituents is 1. The van der Waals surface area contributed by atoms with Gasteiger partial charge in [-0.05, 0) is 42.8 Å². The van der Waals surface area contributed by atoms with Crippen molar-refractivity contribution in [1.29, 1.82) is 0 Å². The molecule has 6 heteroatoms. The van der Waals surface area contributed by atoms with E-state index in [1.807, 2.05) is 0 Å². The Bertz CT molecular complexity index is 702. The number of methoxy groups -OCH3 is 1. The average Bonchev–Trinajstić information content (AvgIpc) is 2.45. The van der Waals surface area contributed by atoms with Crippen molar-refractivity contribution in [2.24, 2.45) is 0 Å². The minimum Gasteiger partial charge on any atom is -0.507 e. The lowest BCUT2D eigenvalue weighted by atomic mass is 10.1. The summed E-state index contributed by atoms with van der Waals surface area (Å²) in [6.45, 7) is 1.80. The Morgan fingerprint density at radius 1 is 1.33 bits per heavy atom. The van der Waals surface area contributed by atoms with Crippen molar-refractivity contribution in [3.8, 4) is 11.5 Å². The third-order valence-electron chi connectivity index (χ3n) is 3.04. The third kappa shape index (κ3) is 3.20. The molecule has 4 N–H and O–H groups in total. The highest BCUT2D eigenvalue weighted by Gasteiger charge is 2.14. The molecule has 0 heterocycles. The molecule has 0 bridgehead atoms. The summed E-state index contributed by atoms with van der Waals surface area (Å²) in [7, 11) is 1.48. The molecule has 0 saturated heterocycles. The highest BCUT2D eigenvalue weighted by molar-refractivity contribution is 6.33. The molecular formula is C15H15ClN2O3. The van der Waals surface area contributed by atoms with Crippen molar-refractivity contribution in [2.75, 3.05) is 18.2 Å². The van der Waals surface area contributed by atoms with Crippen LogP contribution in [0.3, 0.4) is 0 Å². The monoisotopic (exact) mass is 306 g/mol. The summed E-state index contributed by atoms with van der Waals surface area (Å²) in [5.74, 6) is -0.118. The van der Waals surface area contributed by atoms with Crippen LogP contribution in [-0.4, -0.2) is 18.1 Å². The largest absolute Gasteiger partial charge is 0.507 e. The van der Waals surface area contributed by atoms with Crippen LogP contribution >= 0.6 is 11.6 Å². The summed E-state index contributed by atoms with van der Waals surface area (Å²) < 4.78 is 5.04. The number of hydrogen-bond donors (Lipinski definition) is 3. The summed E-state index contributed by atoms with van der Waals surface area (Å²) in [5.41, 5.74) is 7.55. The number of nitrogens with two attached hydrogens (primary N) is 1. The second-order valence-corrected chi connectivity index (χ2v) is 4.93. The minimum absolute atomic E-state index is 0.113. The Morgan fingerprint density at radius 3 is 2.71 bits per heavy atom. The van der Waals surface area contributed by atoms with Gasteiger partial charge in [-0.15, -0.1) is 0 Å². The van der Waals surface area contributed by atoms with Crippen LogP contribution in [-0.2, 0) is 0 Å². The molecule has 2 aromatic carbocycles. The van der Waals surface area contributed by atoms with Crippen LogP contribution < -0.4 is 15.8 Å². The molecule has 21 heavy (non-hydrogen) atoms. The Kier molecular flexibility index (Phi) is 4.23. The van der Waals surface area contributed by atoms with Crippen LogP contribution in [0.15, 0.2) is 30.3 Å². The number of anilines is 2. The van der Waals surface area contributed by atoms with Gasteiger partial charge in [0.1, 0.15) is 11.5 Å². The lowest BCUT2D eigenvalue weighted by Crippen LogP contribution is -2.13. The van der Waals surface area contributed by atoms with Crippen molar-refractivity contribution in [2.45, 2.75) is 6.92 Å². The summed E-state index contributed by atoms with van der Waals surface area (Å²) in [6.07, 6.45) is 0. The number of aryl methyl sites for hydroxylation is 1. The summed E-state index contributed by atoms with van der Waals surface area (Å²) >= 11 is 5.95. The number of carbonyl (C=O) groups excluding carboxylic acids is 1. The quantitative estimate of drug-likeness (QED) is 0.760. The van der Waals surface area contributed by atoms with Crippen molar-refractivity contribution in [3.05, 3.63) is 46.5 Å². The van der Waals surface area contributed by atoms with E-state index in [0.717, 1.165) is 5.56 Å². The van der Waals surface area contributed by atoms with Gasteiger partial charge in [0.2, 0.25) is 0 Å². The first-order valence-corrected chi connectivity index (χ1v) is 6.54. The smallest absolute Gasteiger partial charge is 0.259 e. The van der Waals surface area contributed by atoms with E-state index >= 15 is 0 Å². The summed E-state index contributed by atoms with van der Waals surface area (Å²) in [6, 6.07) is 7.66. The fourth-order valence-electron chi connectivity index (χ4n) is 1.85. The maximum absolute atomic E-state index is 12.3. The standard InChI is InChI=1S/C15H15ClN2O3/c1-8-5-12(17)11(16)7-13(8)18-15(20)10-6-9(21-2)3-4-14(10)19/h3-7,19H,17H2,1-2H3,(H,18,20). The zero-order valence-electron chi connectivity index (χ0n) is 11.6. The normalized spacial score (nSPS) is 10.2. The Balaban J connectivity index is 2.32. The number of aromatic hydroxyl groups is 1. The molecule has 0 aliphatic rings. The predicted octanol–water partition coefficient (Wildman–Crippen LogP) is 3.20. The van der Waals surface area contributed by atoms with Crippen molar-refractivity contribution >= 4 is 28.9 Å². The summed E-state index contributed by atoms with van der Waals surface area (Å²) in [4.78, 5) is 12.3. The Labute approximate surface area is 127 Å². The van der Waals surface area contributed by atoms with Crippen molar-refractivity contribution in [1.82, 2.24) is 0 Å². The van der Waals surface area contributed by atoms with Crippen LogP contribution in [0.1, 0.15) is 15.9 Å². The molecule has 2 aromatic rings. The van der Waals surface area contributed by atoms with Crippen LogP contribution in [0, 0.1) is 6.92 Å². The molecular weight excluding hydrogens is 292 g/mol. The predicted molar refractivity (Wildman–Crippen MR) is 83.2 cm³/mol. The number of hydrogen-bond acceptors (Lipinski definition) is 4. The molecule has 5 nitrogen and oxygen atoms in total. The molecule has 0 atom stereocenters. The minimum atomic E-state index is -0.463. The molecule has 0 saturated carbocycles. The van der Waals surface area contributed by atoms with Crippen LogP contribution in [0.5, 0.6) is 11.5 Å². The molecule has 0 aliphatic carbocycles. The maximum atomic E-state index is 12.3. The molecule has 0 aromatic heterocycles. The first kappa shape index (κ1) is 15.0. The third-order valence-corrected chi connectivity index (χ3v) is 3.37. The van der Waals surface area contributed by atoms with Gasteiger partial charge in [-0.2, -0.15) is 0 Å². The molecule has 110 valence electrons. The maximum Gasteiger partial charge on any atom is 0.259 e. The lowest BCUT2D eigenvalue weighted by Gasteiger charge is -2.12. The van der Waals surface area contributed by atoms with E-state index < -0.39 is 5.91 Å². The second kappa shape index (κ2) is 5.93. The van der Waals surface area contributed by atoms with Crippen LogP contribution in [0.2, 0.25) is 5.02 Å². The van der Waals surface area contributed by atoms with Gasteiger partial charge in [0.15, 0.2) is 0 Å².